The van der Waals surface area contributed by atoms with Gasteiger partial charge in [0.05, 0.1) is 24.9 Å². The molecule has 2 aromatic carbocycles. The summed E-state index contributed by atoms with van der Waals surface area (Å²) in [6.45, 7) is 2.40. The maximum atomic E-state index is 11.7. The van der Waals surface area contributed by atoms with Gasteiger partial charge in [-0.2, -0.15) is 9.78 Å². The van der Waals surface area contributed by atoms with Crippen LogP contribution in [0.4, 0.5) is 5.69 Å². The molecular formula is C22H25N5O4S. The molecule has 9 nitrogen and oxygen atoms in total. The van der Waals surface area contributed by atoms with Crippen molar-refractivity contribution in [2.24, 2.45) is 5.10 Å². The average molecular weight is 456 g/mol. The van der Waals surface area contributed by atoms with Crippen LogP contribution in [0.15, 0.2) is 52.7 Å². The van der Waals surface area contributed by atoms with Gasteiger partial charge in [0.25, 0.3) is 0 Å². The SMILES string of the molecule is CCCCOc1c(OC)cc(/C=N\n2c(Cc3ccccc3)nnc2SC)cc1[N+](=O)[O-]. The van der Waals surface area contributed by atoms with Gasteiger partial charge in [-0.1, -0.05) is 55.4 Å². The Balaban J connectivity index is 1.94. The highest BCUT2D eigenvalue weighted by Gasteiger charge is 2.22. The fourth-order valence-electron chi connectivity index (χ4n) is 2.99. The van der Waals surface area contributed by atoms with Gasteiger partial charge in [0, 0.05) is 18.1 Å². The van der Waals surface area contributed by atoms with E-state index >= 15 is 0 Å². The number of nitro benzene ring substituents is 1. The minimum Gasteiger partial charge on any atom is -0.493 e. The Morgan fingerprint density at radius 1 is 1.25 bits per heavy atom. The van der Waals surface area contributed by atoms with Crippen LogP contribution >= 0.6 is 11.8 Å². The molecule has 0 N–H and O–H groups in total. The van der Waals surface area contributed by atoms with Gasteiger partial charge in [0.1, 0.15) is 0 Å². The number of aromatic nitrogens is 3. The molecule has 0 fully saturated rings. The maximum absolute atomic E-state index is 11.7. The summed E-state index contributed by atoms with van der Waals surface area (Å²) in [5.74, 6) is 1.08. The first-order valence-corrected chi connectivity index (χ1v) is 11.4. The Kier molecular flexibility index (Phi) is 8.20. The van der Waals surface area contributed by atoms with Gasteiger partial charge in [-0.05, 0) is 24.3 Å². The second-order valence-corrected chi connectivity index (χ2v) is 7.63. The number of rotatable bonds is 11. The summed E-state index contributed by atoms with van der Waals surface area (Å²) < 4.78 is 12.7. The number of hydrogen-bond donors (Lipinski definition) is 0. The number of nitrogens with zero attached hydrogens (tertiary/aromatic N) is 5. The lowest BCUT2D eigenvalue weighted by atomic mass is 10.1. The standard InChI is InChI=1S/C22H25N5O4S/c1-4-5-11-31-21-18(27(28)29)12-17(13-19(21)30-2)15-23-26-20(24-25-22(26)32-3)14-16-9-7-6-8-10-16/h6-10,12-13,15H,4-5,11,14H2,1-3H3/b23-15-. The molecule has 0 aliphatic heterocycles. The molecule has 1 aromatic heterocycles. The third kappa shape index (κ3) is 5.64. The third-order valence-corrected chi connectivity index (χ3v) is 5.22. The van der Waals surface area contributed by atoms with Crippen molar-refractivity contribution in [3.63, 3.8) is 0 Å². The Bertz CT molecular complexity index is 1090. The van der Waals surface area contributed by atoms with E-state index in [-0.39, 0.29) is 17.2 Å². The van der Waals surface area contributed by atoms with Gasteiger partial charge in [-0.3, -0.25) is 10.1 Å². The summed E-state index contributed by atoms with van der Waals surface area (Å²) in [6, 6.07) is 13.0. The van der Waals surface area contributed by atoms with Crippen LogP contribution in [-0.2, 0) is 6.42 Å². The summed E-state index contributed by atoms with van der Waals surface area (Å²) in [5.41, 5.74) is 1.41. The first kappa shape index (κ1) is 23.3. The molecule has 1 heterocycles. The van der Waals surface area contributed by atoms with Crippen LogP contribution in [0.5, 0.6) is 11.5 Å². The van der Waals surface area contributed by atoms with Gasteiger partial charge < -0.3 is 9.47 Å². The summed E-state index contributed by atoms with van der Waals surface area (Å²) in [7, 11) is 1.45. The Morgan fingerprint density at radius 3 is 2.69 bits per heavy atom. The molecule has 168 valence electrons. The van der Waals surface area contributed by atoms with E-state index in [0.717, 1.165) is 18.4 Å². The van der Waals surface area contributed by atoms with Crippen LogP contribution in [0.2, 0.25) is 0 Å². The summed E-state index contributed by atoms with van der Waals surface area (Å²) >= 11 is 1.41. The highest BCUT2D eigenvalue weighted by Crippen LogP contribution is 2.38. The molecule has 0 radical (unpaired) electrons. The summed E-state index contributed by atoms with van der Waals surface area (Å²) in [4.78, 5) is 11.2. The molecule has 0 spiro atoms. The molecular weight excluding hydrogens is 430 g/mol. The molecule has 0 aliphatic carbocycles. The van der Waals surface area contributed by atoms with E-state index in [1.54, 1.807) is 10.7 Å². The minimum atomic E-state index is -0.478. The minimum absolute atomic E-state index is 0.127. The fraction of sp³-hybridized carbons (Fsp3) is 0.318. The van der Waals surface area contributed by atoms with Crippen LogP contribution in [0, 0.1) is 10.1 Å². The Hall–Kier alpha value is -3.40. The van der Waals surface area contributed by atoms with E-state index in [1.807, 2.05) is 43.5 Å². The van der Waals surface area contributed by atoms with Gasteiger partial charge in [-0.15, -0.1) is 10.2 Å². The highest BCUT2D eigenvalue weighted by molar-refractivity contribution is 7.98. The highest BCUT2D eigenvalue weighted by atomic mass is 32.2. The molecule has 3 rings (SSSR count). The van der Waals surface area contributed by atoms with E-state index < -0.39 is 4.92 Å². The molecule has 3 aromatic rings. The molecule has 0 saturated heterocycles. The summed E-state index contributed by atoms with van der Waals surface area (Å²) in [6.07, 6.45) is 5.68. The lowest BCUT2D eigenvalue weighted by Gasteiger charge is -2.11. The second-order valence-electron chi connectivity index (χ2n) is 6.85. The number of thioether (sulfide) groups is 1. The normalized spacial score (nSPS) is 11.1. The van der Waals surface area contributed by atoms with Gasteiger partial charge in [0.2, 0.25) is 10.9 Å². The number of benzene rings is 2. The first-order chi connectivity index (χ1) is 15.6. The number of nitro groups is 1. The van der Waals surface area contributed by atoms with Crippen LogP contribution < -0.4 is 9.47 Å². The van der Waals surface area contributed by atoms with Crippen LogP contribution in [0.3, 0.4) is 0 Å². The van der Waals surface area contributed by atoms with Crippen molar-refractivity contribution < 1.29 is 14.4 Å². The largest absolute Gasteiger partial charge is 0.493 e. The molecule has 32 heavy (non-hydrogen) atoms. The average Bonchev–Trinajstić information content (AvgIpc) is 3.19. The van der Waals surface area contributed by atoms with Gasteiger partial charge in [-0.25, -0.2) is 0 Å². The molecule has 0 saturated carbocycles. The third-order valence-electron chi connectivity index (χ3n) is 4.61. The zero-order valence-corrected chi connectivity index (χ0v) is 19.0. The zero-order valence-electron chi connectivity index (χ0n) is 18.2. The van der Waals surface area contributed by atoms with Gasteiger partial charge >= 0.3 is 5.69 Å². The maximum Gasteiger partial charge on any atom is 0.315 e. The number of methoxy groups -OCH3 is 1. The smallest absolute Gasteiger partial charge is 0.315 e. The lowest BCUT2D eigenvalue weighted by Crippen LogP contribution is -2.04. The lowest BCUT2D eigenvalue weighted by molar-refractivity contribution is -0.386. The van der Waals surface area contributed by atoms with Crippen LogP contribution in [-0.4, -0.2) is 46.0 Å². The van der Waals surface area contributed by atoms with E-state index in [4.69, 9.17) is 9.47 Å². The quantitative estimate of drug-likeness (QED) is 0.137. The van der Waals surface area contributed by atoms with E-state index in [2.05, 4.69) is 15.3 Å². The van der Waals surface area contributed by atoms with E-state index in [9.17, 15) is 10.1 Å². The topological polar surface area (TPSA) is 105 Å². The van der Waals surface area contributed by atoms with Crippen molar-refractivity contribution >= 4 is 23.7 Å². The van der Waals surface area contributed by atoms with Crippen molar-refractivity contribution in [2.45, 2.75) is 31.3 Å². The Morgan fingerprint density at radius 2 is 2.03 bits per heavy atom. The molecule has 0 amide bonds. The second kappa shape index (κ2) is 11.3. The fourth-order valence-corrected chi connectivity index (χ4v) is 3.43. The molecule has 0 unspecified atom stereocenters. The van der Waals surface area contributed by atoms with Crippen molar-refractivity contribution in [1.82, 2.24) is 14.9 Å². The van der Waals surface area contributed by atoms with Crippen LogP contribution in [0.25, 0.3) is 0 Å². The summed E-state index contributed by atoms with van der Waals surface area (Å²) in [5, 5.41) is 25.2. The monoisotopic (exact) mass is 455 g/mol. The molecule has 0 aliphatic rings. The molecule has 0 bridgehead atoms. The molecule has 10 heteroatoms. The first-order valence-electron chi connectivity index (χ1n) is 10.1. The number of unbranched alkanes of at least 4 members (excludes halogenated alkanes) is 1. The Labute approximate surface area is 190 Å². The van der Waals surface area contributed by atoms with Crippen molar-refractivity contribution in [1.29, 1.82) is 0 Å². The van der Waals surface area contributed by atoms with E-state index in [0.29, 0.717) is 29.6 Å². The predicted molar refractivity (Wildman–Crippen MR) is 124 cm³/mol. The molecule has 0 atom stereocenters. The van der Waals surface area contributed by atoms with E-state index in [1.165, 1.54) is 31.2 Å². The predicted octanol–water partition coefficient (Wildman–Crippen LogP) is 4.57. The zero-order chi connectivity index (χ0) is 22.9. The van der Waals surface area contributed by atoms with Crippen LogP contribution in [0.1, 0.15) is 36.7 Å². The van der Waals surface area contributed by atoms with Crippen molar-refractivity contribution in [3.05, 3.63) is 69.5 Å². The number of hydrogen-bond acceptors (Lipinski definition) is 8. The number of ether oxygens (including phenoxy) is 2. The van der Waals surface area contributed by atoms with Crippen molar-refractivity contribution in [2.75, 3.05) is 20.0 Å². The van der Waals surface area contributed by atoms with Crippen molar-refractivity contribution in [3.8, 4) is 11.5 Å². The van der Waals surface area contributed by atoms with Gasteiger partial charge in [0.15, 0.2) is 11.6 Å².